The maximum atomic E-state index is 13.2. The standard InChI is InChI=1S/C25H41NO5/c1-15(26(4)10-11-31-5)16-7-9-25(30)18-12-20(27)19-13-21(28)22(29)14-23(19,2)17(18)6-8-24(16,25)3/h12,15-17,19,21-22,28-30H,6-11,13-14H2,1-5H3/t15?,16?,17?,19-,21+,22-,23+,24+,25+/m0/s1. The van der Waals surface area contributed by atoms with E-state index in [1.807, 2.05) is 0 Å². The van der Waals surface area contributed by atoms with Crippen molar-refractivity contribution < 1.29 is 24.9 Å². The smallest absolute Gasteiger partial charge is 0.159 e. The third-order valence-electron chi connectivity index (χ3n) is 10.1. The number of carbonyl (C=O) groups is 1. The number of rotatable bonds is 5. The summed E-state index contributed by atoms with van der Waals surface area (Å²) in [7, 11) is 3.84. The van der Waals surface area contributed by atoms with E-state index in [-0.39, 0.29) is 23.0 Å². The summed E-state index contributed by atoms with van der Waals surface area (Å²) < 4.78 is 5.26. The molecule has 0 aliphatic heterocycles. The summed E-state index contributed by atoms with van der Waals surface area (Å²) in [5.41, 5.74) is -0.771. The molecule has 3 N–H and O–H groups in total. The number of nitrogens with zero attached hydrogens (tertiary/aromatic N) is 1. The molecule has 4 rings (SSSR count). The number of likely N-dealkylation sites (N-methyl/N-ethyl adjacent to an activating group) is 1. The van der Waals surface area contributed by atoms with Crippen molar-refractivity contribution in [2.45, 2.75) is 83.1 Å². The first kappa shape index (κ1) is 23.4. The Bertz CT molecular complexity index is 754. The number of ketones is 1. The average molecular weight is 436 g/mol. The molecule has 0 bridgehead atoms. The number of hydrogen-bond donors (Lipinski definition) is 3. The quantitative estimate of drug-likeness (QED) is 0.613. The lowest BCUT2D eigenvalue weighted by molar-refractivity contribution is -0.153. The van der Waals surface area contributed by atoms with E-state index < -0.39 is 23.2 Å². The highest BCUT2D eigenvalue weighted by Crippen LogP contribution is 2.67. The molecule has 6 heteroatoms. The van der Waals surface area contributed by atoms with Crippen molar-refractivity contribution in [1.29, 1.82) is 0 Å². The molecule has 0 amide bonds. The Morgan fingerprint density at radius 2 is 1.90 bits per heavy atom. The Hall–Kier alpha value is -0.790. The monoisotopic (exact) mass is 435 g/mol. The molecule has 9 atom stereocenters. The van der Waals surface area contributed by atoms with Gasteiger partial charge in [0.2, 0.25) is 0 Å². The maximum Gasteiger partial charge on any atom is 0.159 e. The minimum atomic E-state index is -0.985. The van der Waals surface area contributed by atoms with Gasteiger partial charge in [-0.05, 0) is 81.4 Å². The van der Waals surface area contributed by atoms with Gasteiger partial charge >= 0.3 is 0 Å². The molecule has 0 aromatic rings. The van der Waals surface area contributed by atoms with Crippen LogP contribution in [0.4, 0.5) is 0 Å². The summed E-state index contributed by atoms with van der Waals surface area (Å²) in [6.07, 6.45) is 4.27. The van der Waals surface area contributed by atoms with E-state index in [4.69, 9.17) is 4.74 Å². The minimum Gasteiger partial charge on any atom is -0.390 e. The molecular weight excluding hydrogens is 394 g/mol. The zero-order valence-electron chi connectivity index (χ0n) is 19.8. The van der Waals surface area contributed by atoms with Crippen molar-refractivity contribution in [3.05, 3.63) is 11.6 Å². The zero-order chi connectivity index (χ0) is 22.8. The van der Waals surface area contributed by atoms with E-state index in [0.717, 1.165) is 31.4 Å². The normalized spacial score (nSPS) is 48.1. The summed E-state index contributed by atoms with van der Waals surface area (Å²) in [6, 6.07) is 0.306. The lowest BCUT2D eigenvalue weighted by Crippen LogP contribution is -2.61. The van der Waals surface area contributed by atoms with Crippen molar-refractivity contribution >= 4 is 5.78 Å². The fourth-order valence-electron chi connectivity index (χ4n) is 7.93. The second-order valence-electron chi connectivity index (χ2n) is 11.4. The molecule has 4 aliphatic rings. The first-order chi connectivity index (χ1) is 14.5. The summed E-state index contributed by atoms with van der Waals surface area (Å²) in [4.78, 5) is 15.5. The predicted molar refractivity (Wildman–Crippen MR) is 118 cm³/mol. The van der Waals surface area contributed by atoms with Crippen LogP contribution in [0.1, 0.15) is 59.3 Å². The van der Waals surface area contributed by atoms with Crippen LogP contribution in [0.25, 0.3) is 0 Å². The molecule has 0 aromatic carbocycles. The Morgan fingerprint density at radius 3 is 2.58 bits per heavy atom. The summed E-state index contributed by atoms with van der Waals surface area (Å²) >= 11 is 0. The highest BCUT2D eigenvalue weighted by atomic mass is 16.5. The Kier molecular flexibility index (Phi) is 5.96. The number of hydrogen-bond acceptors (Lipinski definition) is 6. The summed E-state index contributed by atoms with van der Waals surface area (Å²) in [5, 5.41) is 32.9. The fourth-order valence-corrected chi connectivity index (χ4v) is 7.93. The van der Waals surface area contributed by atoms with E-state index in [2.05, 4.69) is 32.7 Å². The van der Waals surface area contributed by atoms with E-state index in [0.29, 0.717) is 37.8 Å². The molecule has 3 fully saturated rings. The molecular formula is C25H41NO5. The SMILES string of the molecule is COCCN(C)C(C)C1CC[C@@]2(O)C3=CC(=O)[C@@H]4C[C@@H](O)[C@@H](O)C[C@]4(C)C3CC[C@]12C. The fraction of sp³-hybridized carbons (Fsp3) is 0.880. The first-order valence-corrected chi connectivity index (χ1v) is 12.0. The van der Waals surface area contributed by atoms with E-state index >= 15 is 0 Å². The number of allylic oxidation sites excluding steroid dienone is 1. The highest BCUT2D eigenvalue weighted by molar-refractivity contribution is 5.95. The molecule has 3 saturated carbocycles. The van der Waals surface area contributed by atoms with Crippen LogP contribution in [0, 0.1) is 28.6 Å². The van der Waals surface area contributed by atoms with Gasteiger partial charge in [-0.15, -0.1) is 0 Å². The molecule has 0 saturated heterocycles. The van der Waals surface area contributed by atoms with Crippen LogP contribution in [-0.4, -0.2) is 77.2 Å². The van der Waals surface area contributed by atoms with Crippen molar-refractivity contribution in [1.82, 2.24) is 4.90 Å². The summed E-state index contributed by atoms with van der Waals surface area (Å²) in [6.45, 7) is 8.11. The van der Waals surface area contributed by atoms with Crippen LogP contribution in [0.15, 0.2) is 11.6 Å². The number of carbonyl (C=O) groups excluding carboxylic acids is 1. The molecule has 4 aliphatic carbocycles. The van der Waals surface area contributed by atoms with Gasteiger partial charge in [-0.25, -0.2) is 0 Å². The van der Waals surface area contributed by atoms with Gasteiger partial charge in [0.05, 0.1) is 24.4 Å². The second-order valence-corrected chi connectivity index (χ2v) is 11.4. The van der Waals surface area contributed by atoms with Crippen molar-refractivity contribution in [3.8, 4) is 0 Å². The van der Waals surface area contributed by atoms with Crippen molar-refractivity contribution in [3.63, 3.8) is 0 Å². The van der Waals surface area contributed by atoms with Crippen molar-refractivity contribution in [2.75, 3.05) is 27.3 Å². The average Bonchev–Trinajstić information content (AvgIpc) is 2.99. The lowest BCUT2D eigenvalue weighted by Gasteiger charge is -2.60. The number of ether oxygens (including phenoxy) is 1. The zero-order valence-corrected chi connectivity index (χ0v) is 19.8. The van der Waals surface area contributed by atoms with Crippen LogP contribution < -0.4 is 0 Å². The molecule has 6 nitrogen and oxygen atoms in total. The van der Waals surface area contributed by atoms with E-state index in [9.17, 15) is 20.1 Å². The van der Waals surface area contributed by atoms with Gasteiger partial charge in [0.25, 0.3) is 0 Å². The van der Waals surface area contributed by atoms with Crippen LogP contribution in [0.3, 0.4) is 0 Å². The Balaban J connectivity index is 1.67. The number of aliphatic hydroxyl groups excluding tert-OH is 2. The molecule has 0 aromatic heterocycles. The molecule has 3 unspecified atom stereocenters. The van der Waals surface area contributed by atoms with Crippen molar-refractivity contribution in [2.24, 2.45) is 28.6 Å². The van der Waals surface area contributed by atoms with Gasteiger partial charge in [0.15, 0.2) is 5.78 Å². The van der Waals surface area contributed by atoms with Crippen LogP contribution in [0.2, 0.25) is 0 Å². The van der Waals surface area contributed by atoms with Gasteiger partial charge in [-0.2, -0.15) is 0 Å². The third-order valence-corrected chi connectivity index (χ3v) is 10.1. The number of methoxy groups -OCH3 is 1. The minimum absolute atomic E-state index is 0.0195. The highest BCUT2D eigenvalue weighted by Gasteiger charge is 2.67. The maximum absolute atomic E-state index is 13.2. The van der Waals surface area contributed by atoms with Crippen LogP contribution >= 0.6 is 0 Å². The molecule has 176 valence electrons. The van der Waals surface area contributed by atoms with Crippen LogP contribution in [-0.2, 0) is 9.53 Å². The lowest BCUT2D eigenvalue weighted by atomic mass is 9.46. The molecule has 0 radical (unpaired) electrons. The second kappa shape index (κ2) is 7.91. The Morgan fingerprint density at radius 1 is 1.19 bits per heavy atom. The van der Waals surface area contributed by atoms with E-state index in [1.54, 1.807) is 13.2 Å². The molecule has 31 heavy (non-hydrogen) atoms. The number of aliphatic hydroxyl groups is 3. The van der Waals surface area contributed by atoms with Gasteiger partial charge in [0.1, 0.15) is 0 Å². The molecule has 0 spiro atoms. The van der Waals surface area contributed by atoms with Gasteiger partial charge in [0, 0.05) is 31.0 Å². The molecule has 0 heterocycles. The topological polar surface area (TPSA) is 90.2 Å². The van der Waals surface area contributed by atoms with Gasteiger partial charge in [-0.3, -0.25) is 4.79 Å². The Labute approximate surface area is 186 Å². The van der Waals surface area contributed by atoms with Crippen LogP contribution in [0.5, 0.6) is 0 Å². The first-order valence-electron chi connectivity index (χ1n) is 12.0. The number of fused-ring (bicyclic) bond motifs is 5. The largest absolute Gasteiger partial charge is 0.390 e. The predicted octanol–water partition coefficient (Wildman–Crippen LogP) is 2.16. The van der Waals surface area contributed by atoms with E-state index in [1.165, 1.54) is 0 Å². The summed E-state index contributed by atoms with van der Waals surface area (Å²) in [5.74, 6) is 0.159. The van der Waals surface area contributed by atoms with Gasteiger partial charge in [-0.1, -0.05) is 13.8 Å². The third kappa shape index (κ3) is 3.28. The van der Waals surface area contributed by atoms with Gasteiger partial charge < -0.3 is 25.0 Å².